The van der Waals surface area contributed by atoms with Gasteiger partial charge in [-0.25, -0.2) is 9.78 Å². The van der Waals surface area contributed by atoms with E-state index in [1.807, 2.05) is 60.7 Å². The fraction of sp³-hybridized carbons (Fsp3) is 0.200. The second-order valence-electron chi connectivity index (χ2n) is 5.86. The van der Waals surface area contributed by atoms with Gasteiger partial charge in [0, 0.05) is 23.4 Å². The molecule has 0 aliphatic carbocycles. The molecule has 29 heavy (non-hydrogen) atoms. The van der Waals surface area contributed by atoms with Crippen LogP contribution in [0.15, 0.2) is 70.3 Å². The number of nitrogens with zero attached hydrogens (tertiary/aromatic N) is 1. The van der Waals surface area contributed by atoms with Gasteiger partial charge in [0.1, 0.15) is 5.69 Å². The van der Waals surface area contributed by atoms with Crippen molar-refractivity contribution >= 4 is 17.9 Å². The van der Waals surface area contributed by atoms with Crippen LogP contribution in [0.4, 0.5) is 18.0 Å². The number of oxazole rings is 1. The summed E-state index contributed by atoms with van der Waals surface area (Å²) in [6.45, 7) is -1.52. The first-order chi connectivity index (χ1) is 13.9. The molecule has 3 rings (SSSR count). The second-order valence-corrected chi connectivity index (χ2v) is 6.90. The van der Waals surface area contributed by atoms with E-state index < -0.39 is 18.9 Å². The molecule has 0 spiro atoms. The molecule has 0 saturated carbocycles. The Balaban J connectivity index is 1.63. The van der Waals surface area contributed by atoms with Gasteiger partial charge in [-0.3, -0.25) is 0 Å². The van der Waals surface area contributed by atoms with E-state index in [0.29, 0.717) is 22.4 Å². The first-order valence-electron chi connectivity index (χ1n) is 8.64. The van der Waals surface area contributed by atoms with Crippen molar-refractivity contribution in [2.75, 3.05) is 18.9 Å². The minimum Gasteiger partial charge on any atom is -0.440 e. The lowest BCUT2D eigenvalue weighted by molar-refractivity contribution is -0.160. The van der Waals surface area contributed by atoms with Gasteiger partial charge < -0.3 is 14.5 Å². The first kappa shape index (κ1) is 20.8. The maximum absolute atomic E-state index is 12.0. The van der Waals surface area contributed by atoms with E-state index in [4.69, 9.17) is 4.42 Å². The standard InChI is InChI=1S/C20H17F3N2O3S/c21-20(22,23)13-27-18(26)24-11-12-29-19-25-16(14-7-3-1-4-8-14)17(28-19)15-9-5-2-6-10-15/h1-10H,11-13H2,(H,24,26). The number of ether oxygens (including phenoxy) is 1. The predicted molar refractivity (Wildman–Crippen MR) is 104 cm³/mol. The van der Waals surface area contributed by atoms with Crippen molar-refractivity contribution in [3.63, 3.8) is 0 Å². The molecule has 0 fully saturated rings. The molecule has 1 heterocycles. The lowest BCUT2D eigenvalue weighted by atomic mass is 10.1. The molecule has 9 heteroatoms. The zero-order valence-corrected chi connectivity index (χ0v) is 15.9. The lowest BCUT2D eigenvalue weighted by Gasteiger charge is -2.08. The van der Waals surface area contributed by atoms with Gasteiger partial charge in [0.05, 0.1) is 0 Å². The molecule has 0 aliphatic rings. The molecular weight excluding hydrogens is 405 g/mol. The van der Waals surface area contributed by atoms with Crippen LogP contribution >= 0.6 is 11.8 Å². The molecule has 1 N–H and O–H groups in total. The number of alkyl carbamates (subject to hydrolysis) is 1. The maximum atomic E-state index is 12.0. The highest BCUT2D eigenvalue weighted by Crippen LogP contribution is 2.35. The van der Waals surface area contributed by atoms with Crippen LogP contribution in [-0.2, 0) is 4.74 Å². The largest absolute Gasteiger partial charge is 0.440 e. The molecule has 0 unspecified atom stereocenters. The normalized spacial score (nSPS) is 11.3. The first-order valence-corrected chi connectivity index (χ1v) is 9.63. The Labute approximate surface area is 169 Å². The number of rotatable bonds is 7. The van der Waals surface area contributed by atoms with Gasteiger partial charge in [-0.2, -0.15) is 13.2 Å². The molecule has 2 aromatic carbocycles. The number of thioether (sulfide) groups is 1. The Kier molecular flexibility index (Phi) is 6.82. The topological polar surface area (TPSA) is 64.4 Å². The van der Waals surface area contributed by atoms with Crippen LogP contribution in [-0.4, -0.2) is 36.2 Å². The number of aromatic nitrogens is 1. The molecule has 0 bridgehead atoms. The number of carbonyl (C=O) groups excluding carboxylic acids is 1. The monoisotopic (exact) mass is 422 g/mol. The van der Waals surface area contributed by atoms with Gasteiger partial charge in [-0.05, 0) is 0 Å². The fourth-order valence-corrected chi connectivity index (χ4v) is 3.11. The van der Waals surface area contributed by atoms with Crippen LogP contribution in [0, 0.1) is 0 Å². The van der Waals surface area contributed by atoms with Gasteiger partial charge in [0.25, 0.3) is 5.22 Å². The smallest absolute Gasteiger partial charge is 0.422 e. The summed E-state index contributed by atoms with van der Waals surface area (Å²) in [6, 6.07) is 19.1. The third-order valence-corrected chi connectivity index (χ3v) is 4.48. The third kappa shape index (κ3) is 6.28. The quantitative estimate of drug-likeness (QED) is 0.409. The van der Waals surface area contributed by atoms with E-state index in [1.165, 1.54) is 11.8 Å². The van der Waals surface area contributed by atoms with E-state index in [0.717, 1.165) is 11.1 Å². The Hall–Kier alpha value is -2.94. The van der Waals surface area contributed by atoms with Gasteiger partial charge in [0.15, 0.2) is 12.4 Å². The zero-order valence-electron chi connectivity index (χ0n) is 15.1. The Morgan fingerprint density at radius 3 is 2.28 bits per heavy atom. The molecule has 1 amide bonds. The minimum atomic E-state index is -4.55. The molecule has 0 saturated heterocycles. The summed E-state index contributed by atoms with van der Waals surface area (Å²) in [7, 11) is 0. The fourth-order valence-electron chi connectivity index (χ4n) is 2.43. The van der Waals surface area contributed by atoms with Crippen molar-refractivity contribution in [1.29, 1.82) is 0 Å². The van der Waals surface area contributed by atoms with Crippen LogP contribution in [0.3, 0.4) is 0 Å². The average Bonchev–Trinajstić information content (AvgIpc) is 3.15. The Bertz CT molecular complexity index is 874. The molecule has 0 radical (unpaired) electrons. The molecule has 3 aromatic rings. The SMILES string of the molecule is O=C(NCCSc1nc(-c2ccccc2)c(-c2ccccc2)o1)OCC(F)(F)F. The number of halogens is 3. The Morgan fingerprint density at radius 2 is 1.66 bits per heavy atom. The van der Waals surface area contributed by atoms with Crippen LogP contribution in [0.5, 0.6) is 0 Å². The van der Waals surface area contributed by atoms with Crippen molar-refractivity contribution < 1.29 is 27.1 Å². The van der Waals surface area contributed by atoms with Crippen molar-refractivity contribution in [3.05, 3.63) is 60.7 Å². The average molecular weight is 422 g/mol. The number of carbonyl (C=O) groups is 1. The van der Waals surface area contributed by atoms with Crippen molar-refractivity contribution in [2.45, 2.75) is 11.4 Å². The van der Waals surface area contributed by atoms with Gasteiger partial charge in [-0.1, -0.05) is 72.4 Å². The van der Waals surface area contributed by atoms with Gasteiger partial charge in [0.2, 0.25) is 0 Å². The zero-order chi connectivity index (χ0) is 20.7. The number of hydrogen-bond acceptors (Lipinski definition) is 5. The molecule has 1 aromatic heterocycles. The van der Waals surface area contributed by atoms with E-state index in [9.17, 15) is 18.0 Å². The van der Waals surface area contributed by atoms with Crippen molar-refractivity contribution in [1.82, 2.24) is 10.3 Å². The number of alkyl halides is 3. The van der Waals surface area contributed by atoms with Crippen LogP contribution in [0.2, 0.25) is 0 Å². The number of nitrogens with one attached hydrogen (secondary N) is 1. The number of hydrogen-bond donors (Lipinski definition) is 1. The molecular formula is C20H17F3N2O3S. The van der Waals surface area contributed by atoms with Gasteiger partial charge in [-0.15, -0.1) is 0 Å². The highest BCUT2D eigenvalue weighted by Gasteiger charge is 2.29. The summed E-state index contributed by atoms with van der Waals surface area (Å²) in [5.74, 6) is 0.973. The van der Waals surface area contributed by atoms with Gasteiger partial charge >= 0.3 is 12.3 Å². The molecule has 0 atom stereocenters. The maximum Gasteiger partial charge on any atom is 0.422 e. The molecule has 152 valence electrons. The third-order valence-electron chi connectivity index (χ3n) is 3.65. The summed E-state index contributed by atoms with van der Waals surface area (Å²) in [6.07, 6.45) is -5.67. The Morgan fingerprint density at radius 1 is 1.03 bits per heavy atom. The van der Waals surface area contributed by atoms with E-state index in [1.54, 1.807) is 0 Å². The molecule has 0 aliphatic heterocycles. The van der Waals surface area contributed by atoms with Crippen LogP contribution in [0.25, 0.3) is 22.6 Å². The second kappa shape index (κ2) is 9.51. The molecule has 5 nitrogen and oxygen atoms in total. The van der Waals surface area contributed by atoms with E-state index in [-0.39, 0.29) is 6.54 Å². The summed E-state index contributed by atoms with van der Waals surface area (Å²) in [5.41, 5.74) is 2.47. The number of benzene rings is 2. The van der Waals surface area contributed by atoms with Crippen LogP contribution < -0.4 is 5.32 Å². The summed E-state index contributed by atoms with van der Waals surface area (Å²) in [4.78, 5) is 15.8. The highest BCUT2D eigenvalue weighted by atomic mass is 32.2. The van der Waals surface area contributed by atoms with E-state index >= 15 is 0 Å². The number of amides is 1. The summed E-state index contributed by atoms with van der Waals surface area (Å²) < 4.78 is 46.0. The predicted octanol–water partition coefficient (Wildman–Crippen LogP) is 5.39. The van der Waals surface area contributed by atoms with Crippen molar-refractivity contribution in [2.24, 2.45) is 0 Å². The lowest BCUT2D eigenvalue weighted by Crippen LogP contribution is -2.30. The van der Waals surface area contributed by atoms with Crippen LogP contribution in [0.1, 0.15) is 0 Å². The summed E-state index contributed by atoms with van der Waals surface area (Å²) >= 11 is 1.24. The summed E-state index contributed by atoms with van der Waals surface area (Å²) in [5, 5.41) is 2.66. The van der Waals surface area contributed by atoms with E-state index in [2.05, 4.69) is 15.0 Å². The minimum absolute atomic E-state index is 0.102. The van der Waals surface area contributed by atoms with Crippen molar-refractivity contribution in [3.8, 4) is 22.6 Å². The highest BCUT2D eigenvalue weighted by molar-refractivity contribution is 7.99.